The van der Waals surface area contributed by atoms with Gasteiger partial charge in [-0.05, 0) is 42.7 Å². The molecule has 1 aliphatic carbocycles. The second kappa shape index (κ2) is 6.88. The van der Waals surface area contributed by atoms with E-state index in [4.69, 9.17) is 0 Å². The first-order valence-corrected chi connectivity index (χ1v) is 12.0. The molecule has 138 valence electrons. The van der Waals surface area contributed by atoms with Gasteiger partial charge in [-0.25, -0.2) is 13.4 Å². The quantitative estimate of drug-likeness (QED) is 0.702. The van der Waals surface area contributed by atoms with E-state index in [9.17, 15) is 13.2 Å². The van der Waals surface area contributed by atoms with Crippen molar-refractivity contribution in [2.45, 2.75) is 38.8 Å². The highest BCUT2D eigenvalue weighted by Crippen LogP contribution is 2.33. The summed E-state index contributed by atoms with van der Waals surface area (Å²) < 4.78 is 25.7. The van der Waals surface area contributed by atoms with Crippen LogP contribution in [0.5, 0.6) is 0 Å². The first kappa shape index (κ1) is 17.8. The standard InChI is InChI=1S/C17H19N3O3S3/c1-26(22,23)20(9-11-5-4-8-24-11)10-14-18-16(21)15-12-6-2-3-7-13(12)25-17(15)19-14/h4-5,8H,2-3,6-7,9-10H2,1H3,(H,18,19,21). The monoisotopic (exact) mass is 409 g/mol. The third-order valence-corrected chi connectivity index (χ3v) is 7.82. The Morgan fingerprint density at radius 1 is 1.27 bits per heavy atom. The molecule has 1 N–H and O–H groups in total. The van der Waals surface area contributed by atoms with Gasteiger partial charge in [0.1, 0.15) is 10.7 Å². The Morgan fingerprint density at radius 2 is 2.08 bits per heavy atom. The number of nitrogens with one attached hydrogen (secondary N) is 1. The van der Waals surface area contributed by atoms with E-state index >= 15 is 0 Å². The van der Waals surface area contributed by atoms with Crippen LogP contribution in [0.3, 0.4) is 0 Å². The van der Waals surface area contributed by atoms with Gasteiger partial charge in [-0.2, -0.15) is 4.31 Å². The van der Waals surface area contributed by atoms with Crippen LogP contribution in [-0.4, -0.2) is 28.9 Å². The van der Waals surface area contributed by atoms with Crippen molar-refractivity contribution in [1.82, 2.24) is 14.3 Å². The van der Waals surface area contributed by atoms with Crippen molar-refractivity contribution in [1.29, 1.82) is 0 Å². The second-order valence-corrected chi connectivity index (χ2v) is 10.6. The lowest BCUT2D eigenvalue weighted by atomic mass is 9.97. The minimum Gasteiger partial charge on any atom is -0.309 e. The Hall–Kier alpha value is -1.55. The zero-order valence-electron chi connectivity index (χ0n) is 14.3. The van der Waals surface area contributed by atoms with Gasteiger partial charge in [-0.15, -0.1) is 22.7 Å². The average Bonchev–Trinajstić information content (AvgIpc) is 3.20. The molecule has 0 unspecified atom stereocenters. The van der Waals surface area contributed by atoms with Crippen molar-refractivity contribution >= 4 is 42.9 Å². The van der Waals surface area contributed by atoms with E-state index in [2.05, 4.69) is 9.97 Å². The minimum atomic E-state index is -3.43. The molecule has 0 aromatic carbocycles. The number of thiophene rings is 2. The molecular formula is C17H19N3O3S3. The molecule has 0 aliphatic heterocycles. The summed E-state index contributed by atoms with van der Waals surface area (Å²) in [6.07, 6.45) is 5.35. The normalized spacial score (nSPS) is 14.8. The van der Waals surface area contributed by atoms with Crippen molar-refractivity contribution in [2.75, 3.05) is 6.26 Å². The molecule has 0 atom stereocenters. The number of hydrogen-bond acceptors (Lipinski definition) is 6. The summed E-state index contributed by atoms with van der Waals surface area (Å²) in [4.78, 5) is 22.9. The number of fused-ring (bicyclic) bond motifs is 3. The number of hydrogen-bond donors (Lipinski definition) is 1. The van der Waals surface area contributed by atoms with E-state index in [0.717, 1.165) is 41.0 Å². The Balaban J connectivity index is 1.70. The highest BCUT2D eigenvalue weighted by Gasteiger charge is 2.22. The van der Waals surface area contributed by atoms with Crippen molar-refractivity contribution < 1.29 is 8.42 Å². The minimum absolute atomic E-state index is 0.0600. The lowest BCUT2D eigenvalue weighted by molar-refractivity contribution is 0.399. The van der Waals surface area contributed by atoms with Gasteiger partial charge in [0, 0.05) is 16.3 Å². The number of sulfonamides is 1. The topological polar surface area (TPSA) is 83.1 Å². The highest BCUT2D eigenvalue weighted by molar-refractivity contribution is 7.88. The molecule has 26 heavy (non-hydrogen) atoms. The van der Waals surface area contributed by atoms with E-state index in [1.165, 1.54) is 26.8 Å². The maximum Gasteiger partial charge on any atom is 0.259 e. The third-order valence-electron chi connectivity index (χ3n) is 4.58. The Labute approximate surface area is 159 Å². The number of rotatable bonds is 5. The molecule has 3 aromatic heterocycles. The van der Waals surface area contributed by atoms with Gasteiger partial charge in [0.15, 0.2) is 0 Å². The fraction of sp³-hybridized carbons (Fsp3) is 0.412. The van der Waals surface area contributed by atoms with Crippen LogP contribution in [0.4, 0.5) is 0 Å². The SMILES string of the molecule is CS(=O)(=O)N(Cc1nc2sc3c(c2c(=O)[nH]1)CCCC3)Cc1cccs1. The molecule has 4 rings (SSSR count). The number of aromatic amines is 1. The van der Waals surface area contributed by atoms with Crippen molar-refractivity contribution in [3.63, 3.8) is 0 Å². The van der Waals surface area contributed by atoms with Gasteiger partial charge in [0.2, 0.25) is 10.0 Å². The van der Waals surface area contributed by atoms with Gasteiger partial charge in [0.25, 0.3) is 5.56 Å². The molecule has 6 nitrogen and oxygen atoms in total. The molecule has 0 spiro atoms. The first-order chi connectivity index (χ1) is 12.4. The Morgan fingerprint density at radius 3 is 2.81 bits per heavy atom. The molecule has 0 bridgehead atoms. The fourth-order valence-electron chi connectivity index (χ4n) is 3.32. The maximum absolute atomic E-state index is 12.6. The van der Waals surface area contributed by atoms with Gasteiger partial charge >= 0.3 is 0 Å². The zero-order valence-corrected chi connectivity index (χ0v) is 16.8. The molecular weight excluding hydrogens is 390 g/mol. The van der Waals surface area contributed by atoms with E-state index in [1.54, 1.807) is 11.3 Å². The van der Waals surface area contributed by atoms with Crippen LogP contribution in [0.2, 0.25) is 0 Å². The van der Waals surface area contributed by atoms with Crippen molar-refractivity contribution in [2.24, 2.45) is 0 Å². The highest BCUT2D eigenvalue weighted by atomic mass is 32.2. The van der Waals surface area contributed by atoms with E-state index in [0.29, 0.717) is 11.2 Å². The van der Waals surface area contributed by atoms with E-state index in [-0.39, 0.29) is 18.6 Å². The summed E-state index contributed by atoms with van der Waals surface area (Å²) in [7, 11) is -3.43. The van der Waals surface area contributed by atoms with Crippen LogP contribution in [-0.2, 0) is 36.0 Å². The zero-order chi connectivity index (χ0) is 18.3. The van der Waals surface area contributed by atoms with Crippen LogP contribution in [0, 0.1) is 0 Å². The smallest absolute Gasteiger partial charge is 0.259 e. The molecule has 0 saturated heterocycles. The molecule has 3 aromatic rings. The summed E-state index contributed by atoms with van der Waals surface area (Å²) in [5.41, 5.74) is 0.976. The summed E-state index contributed by atoms with van der Waals surface area (Å²) >= 11 is 3.08. The van der Waals surface area contributed by atoms with Crippen LogP contribution >= 0.6 is 22.7 Å². The second-order valence-electron chi connectivity index (χ2n) is 6.51. The summed E-state index contributed by atoms with van der Waals surface area (Å²) in [5, 5.41) is 2.61. The van der Waals surface area contributed by atoms with E-state index in [1.807, 2.05) is 17.5 Å². The molecule has 3 heterocycles. The van der Waals surface area contributed by atoms with Crippen LogP contribution in [0.15, 0.2) is 22.3 Å². The largest absolute Gasteiger partial charge is 0.309 e. The molecule has 1 aliphatic rings. The third kappa shape index (κ3) is 3.48. The molecule has 0 fully saturated rings. The summed E-state index contributed by atoms with van der Waals surface area (Å²) in [5.74, 6) is 0.392. The Bertz CT molecular complexity index is 1100. The number of aromatic nitrogens is 2. The van der Waals surface area contributed by atoms with Gasteiger partial charge in [-0.1, -0.05) is 6.07 Å². The summed E-state index contributed by atoms with van der Waals surface area (Å²) in [6.45, 7) is 0.337. The summed E-state index contributed by atoms with van der Waals surface area (Å²) in [6, 6.07) is 3.79. The molecule has 9 heteroatoms. The maximum atomic E-state index is 12.6. The van der Waals surface area contributed by atoms with Crippen molar-refractivity contribution in [3.8, 4) is 0 Å². The molecule has 0 saturated carbocycles. The number of aryl methyl sites for hydroxylation is 2. The average molecular weight is 410 g/mol. The predicted octanol–water partition coefficient (Wildman–Crippen LogP) is 2.89. The predicted molar refractivity (Wildman–Crippen MR) is 105 cm³/mol. The van der Waals surface area contributed by atoms with Gasteiger partial charge in [-0.3, -0.25) is 4.79 Å². The fourth-order valence-corrected chi connectivity index (χ4v) is 6.13. The van der Waals surface area contributed by atoms with E-state index < -0.39 is 10.0 Å². The number of H-pyrrole nitrogens is 1. The molecule has 0 radical (unpaired) electrons. The number of nitrogens with zero attached hydrogens (tertiary/aromatic N) is 2. The lowest BCUT2D eigenvalue weighted by Gasteiger charge is -2.18. The van der Waals surface area contributed by atoms with Crippen LogP contribution in [0.25, 0.3) is 10.2 Å². The first-order valence-electron chi connectivity index (χ1n) is 8.43. The lowest BCUT2D eigenvalue weighted by Crippen LogP contribution is -2.30. The van der Waals surface area contributed by atoms with Crippen LogP contribution in [0.1, 0.15) is 34.0 Å². The van der Waals surface area contributed by atoms with Crippen molar-refractivity contribution in [3.05, 3.63) is 49.0 Å². The molecule has 0 amide bonds. The van der Waals surface area contributed by atoms with Crippen LogP contribution < -0.4 is 5.56 Å². The van der Waals surface area contributed by atoms with Gasteiger partial charge in [0.05, 0.1) is 18.2 Å². The van der Waals surface area contributed by atoms with Gasteiger partial charge < -0.3 is 4.98 Å². The Kier molecular flexibility index (Phi) is 4.72.